The second-order valence-corrected chi connectivity index (χ2v) is 6.70. The molecule has 0 spiro atoms. The summed E-state index contributed by atoms with van der Waals surface area (Å²) >= 11 is 0. The molecule has 28 heavy (non-hydrogen) atoms. The SMILES string of the molecule is Cc1ccc(CNc2nc3ccccc3c3nc(-c4cccnc4)nn23)cc1. The number of aryl methyl sites for hydroxylation is 1. The van der Waals surface area contributed by atoms with Crippen LogP contribution in [0, 0.1) is 6.92 Å². The van der Waals surface area contributed by atoms with Gasteiger partial charge in [0.25, 0.3) is 0 Å². The molecule has 0 saturated carbocycles. The molecule has 0 radical (unpaired) electrons. The van der Waals surface area contributed by atoms with Crippen LogP contribution in [0.25, 0.3) is 27.9 Å². The van der Waals surface area contributed by atoms with Crippen LogP contribution in [0.5, 0.6) is 0 Å². The molecule has 0 fully saturated rings. The highest BCUT2D eigenvalue weighted by molar-refractivity contribution is 5.92. The number of benzene rings is 2. The van der Waals surface area contributed by atoms with E-state index in [0.29, 0.717) is 18.3 Å². The van der Waals surface area contributed by atoms with Crippen LogP contribution in [-0.2, 0) is 6.54 Å². The molecular formula is C22H18N6. The van der Waals surface area contributed by atoms with E-state index >= 15 is 0 Å². The van der Waals surface area contributed by atoms with Crippen LogP contribution >= 0.6 is 0 Å². The van der Waals surface area contributed by atoms with E-state index in [1.54, 1.807) is 16.9 Å². The molecule has 0 bridgehead atoms. The van der Waals surface area contributed by atoms with Gasteiger partial charge in [0.1, 0.15) is 0 Å². The molecule has 136 valence electrons. The predicted molar refractivity (Wildman–Crippen MR) is 110 cm³/mol. The minimum atomic E-state index is 0.629. The third-order valence-electron chi connectivity index (χ3n) is 4.67. The Balaban J connectivity index is 1.62. The van der Waals surface area contributed by atoms with Gasteiger partial charge in [-0.2, -0.15) is 4.52 Å². The van der Waals surface area contributed by atoms with Gasteiger partial charge in [-0.1, -0.05) is 42.0 Å². The van der Waals surface area contributed by atoms with Gasteiger partial charge in [-0.05, 0) is 36.8 Å². The van der Waals surface area contributed by atoms with E-state index in [2.05, 4.69) is 41.5 Å². The van der Waals surface area contributed by atoms with E-state index in [1.165, 1.54) is 11.1 Å². The summed E-state index contributed by atoms with van der Waals surface area (Å²) < 4.78 is 1.78. The average molecular weight is 366 g/mol. The molecule has 0 amide bonds. The summed E-state index contributed by atoms with van der Waals surface area (Å²) in [5.41, 5.74) is 4.95. The van der Waals surface area contributed by atoms with Crippen molar-refractivity contribution in [1.82, 2.24) is 24.6 Å². The van der Waals surface area contributed by atoms with Crippen LogP contribution in [0.4, 0.5) is 5.95 Å². The number of anilines is 1. The first-order valence-electron chi connectivity index (χ1n) is 9.13. The fourth-order valence-corrected chi connectivity index (χ4v) is 3.17. The fourth-order valence-electron chi connectivity index (χ4n) is 3.17. The molecule has 2 aromatic carbocycles. The third-order valence-corrected chi connectivity index (χ3v) is 4.67. The Labute approximate surface area is 161 Å². The van der Waals surface area contributed by atoms with Gasteiger partial charge in [0.15, 0.2) is 11.5 Å². The number of nitrogens with zero attached hydrogens (tertiary/aromatic N) is 5. The number of para-hydroxylation sites is 1. The smallest absolute Gasteiger partial charge is 0.226 e. The highest BCUT2D eigenvalue weighted by atomic mass is 15.4. The van der Waals surface area contributed by atoms with Crippen molar-refractivity contribution in [2.75, 3.05) is 5.32 Å². The Morgan fingerprint density at radius 2 is 1.79 bits per heavy atom. The van der Waals surface area contributed by atoms with E-state index in [-0.39, 0.29) is 0 Å². The van der Waals surface area contributed by atoms with Crippen molar-refractivity contribution < 1.29 is 0 Å². The molecule has 0 unspecified atom stereocenters. The standard InChI is InChI=1S/C22H18N6/c1-15-8-10-16(11-9-15)13-24-22-25-19-7-3-2-6-18(19)21-26-20(27-28(21)22)17-5-4-12-23-14-17/h2-12,14H,13H2,1H3,(H,24,25). The van der Waals surface area contributed by atoms with Crippen molar-refractivity contribution in [3.05, 3.63) is 84.2 Å². The van der Waals surface area contributed by atoms with Crippen LogP contribution in [0.15, 0.2) is 73.1 Å². The molecule has 0 saturated heterocycles. The summed E-state index contributed by atoms with van der Waals surface area (Å²) in [6.07, 6.45) is 3.51. The summed E-state index contributed by atoms with van der Waals surface area (Å²) in [7, 11) is 0. The molecular weight excluding hydrogens is 348 g/mol. The fraction of sp³-hybridized carbons (Fsp3) is 0.0909. The summed E-state index contributed by atoms with van der Waals surface area (Å²) in [6.45, 7) is 2.74. The van der Waals surface area contributed by atoms with E-state index < -0.39 is 0 Å². The number of aromatic nitrogens is 5. The summed E-state index contributed by atoms with van der Waals surface area (Å²) in [5.74, 6) is 1.29. The number of hydrogen-bond acceptors (Lipinski definition) is 5. The van der Waals surface area contributed by atoms with Gasteiger partial charge in [-0.3, -0.25) is 4.98 Å². The first-order chi connectivity index (χ1) is 13.8. The molecule has 0 aliphatic rings. The summed E-state index contributed by atoms with van der Waals surface area (Å²) in [5, 5.41) is 9.08. The normalized spacial score (nSPS) is 11.2. The Kier molecular flexibility index (Phi) is 3.94. The zero-order valence-electron chi connectivity index (χ0n) is 15.4. The largest absolute Gasteiger partial charge is 0.350 e. The maximum absolute atomic E-state index is 4.78. The minimum Gasteiger partial charge on any atom is -0.350 e. The molecule has 5 rings (SSSR count). The van der Waals surface area contributed by atoms with E-state index in [1.807, 2.05) is 36.4 Å². The molecule has 6 heteroatoms. The zero-order valence-corrected chi connectivity index (χ0v) is 15.4. The molecule has 1 N–H and O–H groups in total. The van der Waals surface area contributed by atoms with Crippen LogP contribution in [0.1, 0.15) is 11.1 Å². The predicted octanol–water partition coefficient (Wildman–Crippen LogP) is 4.26. The maximum Gasteiger partial charge on any atom is 0.226 e. The number of fused-ring (bicyclic) bond motifs is 3. The first-order valence-corrected chi connectivity index (χ1v) is 9.13. The van der Waals surface area contributed by atoms with Crippen molar-refractivity contribution >= 4 is 22.5 Å². The molecule has 5 aromatic rings. The Morgan fingerprint density at radius 3 is 2.61 bits per heavy atom. The van der Waals surface area contributed by atoms with Gasteiger partial charge in [-0.15, -0.1) is 5.10 Å². The van der Waals surface area contributed by atoms with Gasteiger partial charge < -0.3 is 5.32 Å². The van der Waals surface area contributed by atoms with E-state index in [0.717, 1.165) is 22.1 Å². The quantitative estimate of drug-likeness (QED) is 0.515. The second kappa shape index (κ2) is 6.74. The monoisotopic (exact) mass is 366 g/mol. The van der Waals surface area contributed by atoms with Crippen molar-refractivity contribution in [2.45, 2.75) is 13.5 Å². The maximum atomic E-state index is 4.78. The van der Waals surface area contributed by atoms with Crippen molar-refractivity contribution in [3.63, 3.8) is 0 Å². The van der Waals surface area contributed by atoms with Gasteiger partial charge in [0.2, 0.25) is 5.95 Å². The van der Waals surface area contributed by atoms with Crippen molar-refractivity contribution in [2.24, 2.45) is 0 Å². The van der Waals surface area contributed by atoms with E-state index in [4.69, 9.17) is 15.1 Å². The number of hydrogen-bond donors (Lipinski definition) is 1. The van der Waals surface area contributed by atoms with Crippen LogP contribution < -0.4 is 5.32 Å². The van der Waals surface area contributed by atoms with Gasteiger partial charge in [0.05, 0.1) is 5.52 Å². The molecule has 0 aliphatic heterocycles. The Hall–Kier alpha value is -3.80. The minimum absolute atomic E-state index is 0.629. The highest BCUT2D eigenvalue weighted by Gasteiger charge is 2.14. The van der Waals surface area contributed by atoms with Crippen molar-refractivity contribution in [3.8, 4) is 11.4 Å². The molecule has 0 aliphatic carbocycles. The lowest BCUT2D eigenvalue weighted by Crippen LogP contribution is -2.08. The highest BCUT2D eigenvalue weighted by Crippen LogP contribution is 2.24. The number of rotatable bonds is 4. The van der Waals surface area contributed by atoms with Crippen LogP contribution in [0.2, 0.25) is 0 Å². The lowest BCUT2D eigenvalue weighted by molar-refractivity contribution is 0.920. The zero-order chi connectivity index (χ0) is 18.9. The van der Waals surface area contributed by atoms with Gasteiger partial charge in [-0.25, -0.2) is 9.97 Å². The van der Waals surface area contributed by atoms with Gasteiger partial charge >= 0.3 is 0 Å². The molecule has 6 nitrogen and oxygen atoms in total. The topological polar surface area (TPSA) is 68.0 Å². The molecule has 3 aromatic heterocycles. The summed E-state index contributed by atoms with van der Waals surface area (Å²) in [6, 6.07) is 20.3. The average Bonchev–Trinajstić information content (AvgIpc) is 3.20. The lowest BCUT2D eigenvalue weighted by atomic mass is 10.1. The van der Waals surface area contributed by atoms with Crippen molar-refractivity contribution in [1.29, 1.82) is 0 Å². The molecule has 0 atom stereocenters. The molecule has 3 heterocycles. The second-order valence-electron chi connectivity index (χ2n) is 6.70. The first kappa shape index (κ1) is 16.4. The third kappa shape index (κ3) is 2.95. The number of nitrogens with one attached hydrogen (secondary N) is 1. The van der Waals surface area contributed by atoms with Crippen LogP contribution in [-0.4, -0.2) is 24.6 Å². The summed E-state index contributed by atoms with van der Waals surface area (Å²) in [4.78, 5) is 13.7. The van der Waals surface area contributed by atoms with Gasteiger partial charge in [0, 0.05) is 29.9 Å². The Bertz CT molecular complexity index is 1260. The van der Waals surface area contributed by atoms with Crippen LogP contribution in [0.3, 0.4) is 0 Å². The lowest BCUT2D eigenvalue weighted by Gasteiger charge is -2.09. The van der Waals surface area contributed by atoms with E-state index in [9.17, 15) is 0 Å². The Morgan fingerprint density at radius 1 is 0.929 bits per heavy atom. The number of pyridine rings is 1.